The van der Waals surface area contributed by atoms with Gasteiger partial charge in [-0.25, -0.2) is 0 Å². The molecule has 0 unspecified atom stereocenters. The first-order chi connectivity index (χ1) is 5.00. The second-order valence-corrected chi connectivity index (χ2v) is 5.01. The lowest BCUT2D eigenvalue weighted by atomic mass is 9.87. The third-order valence-electron chi connectivity index (χ3n) is 1.69. The van der Waals surface area contributed by atoms with Crippen LogP contribution in [0.5, 0.6) is 0 Å². The largest absolute Gasteiger partial charge is 0.0609 e. The Morgan fingerprint density at radius 3 is 2.18 bits per heavy atom. The summed E-state index contributed by atoms with van der Waals surface area (Å²) in [5, 5.41) is 0. The Bertz CT molecular complexity index is 245. The molecule has 0 aliphatic rings. The quantitative estimate of drug-likeness (QED) is 0.625. The highest BCUT2D eigenvalue weighted by Gasteiger charge is 2.12. The molecule has 0 saturated heterocycles. The average molecular weight is 260 g/mol. The molecule has 0 bridgehead atoms. The van der Waals surface area contributed by atoms with Crippen LogP contribution >= 0.6 is 22.6 Å². The highest BCUT2D eigenvalue weighted by Crippen LogP contribution is 2.22. The van der Waals surface area contributed by atoms with Gasteiger partial charge in [-0.1, -0.05) is 32.9 Å². The maximum Gasteiger partial charge on any atom is 0.0133 e. The lowest BCUT2D eigenvalue weighted by Gasteiger charge is -2.18. The third kappa shape index (κ3) is 2.47. The Balaban J connectivity index is 3.06. The molecule has 1 aromatic rings. The van der Waals surface area contributed by atoms with Crippen LogP contribution in [0.3, 0.4) is 0 Å². The molecule has 1 heteroatoms. The summed E-state index contributed by atoms with van der Waals surface area (Å²) in [6.45, 7) is 6.70. The first-order valence-corrected chi connectivity index (χ1v) is 4.84. The standard InChI is InChI=1S/C10H13I/c1-10(2,3)8-5-4-6-9(11)7-8/h4-7H,1-3H3. The van der Waals surface area contributed by atoms with Crippen molar-refractivity contribution < 1.29 is 0 Å². The van der Waals surface area contributed by atoms with Crippen molar-refractivity contribution in [2.45, 2.75) is 26.2 Å². The maximum absolute atomic E-state index is 2.35. The van der Waals surface area contributed by atoms with E-state index in [1.54, 1.807) is 0 Å². The molecule has 0 saturated carbocycles. The van der Waals surface area contributed by atoms with Gasteiger partial charge >= 0.3 is 0 Å². The maximum atomic E-state index is 2.35. The fraction of sp³-hybridized carbons (Fsp3) is 0.400. The molecular formula is C10H13I. The van der Waals surface area contributed by atoms with E-state index in [1.807, 2.05) is 0 Å². The van der Waals surface area contributed by atoms with Crippen molar-refractivity contribution in [1.29, 1.82) is 0 Å². The highest BCUT2D eigenvalue weighted by atomic mass is 127. The summed E-state index contributed by atoms with van der Waals surface area (Å²) < 4.78 is 1.31. The fourth-order valence-electron chi connectivity index (χ4n) is 0.955. The van der Waals surface area contributed by atoms with Gasteiger partial charge in [0.25, 0.3) is 0 Å². The van der Waals surface area contributed by atoms with E-state index in [9.17, 15) is 0 Å². The van der Waals surface area contributed by atoms with Crippen molar-refractivity contribution >= 4 is 22.6 Å². The first-order valence-electron chi connectivity index (χ1n) is 3.76. The zero-order valence-corrected chi connectivity index (χ0v) is 9.34. The fourth-order valence-corrected chi connectivity index (χ4v) is 1.50. The number of hydrogen-bond donors (Lipinski definition) is 0. The molecule has 0 aliphatic heterocycles. The van der Waals surface area contributed by atoms with Gasteiger partial charge in [-0.15, -0.1) is 0 Å². The second kappa shape index (κ2) is 3.13. The molecule has 1 aromatic carbocycles. The van der Waals surface area contributed by atoms with Crippen molar-refractivity contribution in [3.05, 3.63) is 33.4 Å². The van der Waals surface area contributed by atoms with Gasteiger partial charge in [0, 0.05) is 3.57 Å². The summed E-state index contributed by atoms with van der Waals surface area (Å²) in [4.78, 5) is 0. The summed E-state index contributed by atoms with van der Waals surface area (Å²) in [7, 11) is 0. The van der Waals surface area contributed by atoms with E-state index in [2.05, 4.69) is 67.6 Å². The third-order valence-corrected chi connectivity index (χ3v) is 2.36. The van der Waals surface area contributed by atoms with E-state index >= 15 is 0 Å². The van der Waals surface area contributed by atoms with Crippen molar-refractivity contribution in [1.82, 2.24) is 0 Å². The van der Waals surface area contributed by atoms with Gasteiger partial charge in [0.05, 0.1) is 0 Å². The van der Waals surface area contributed by atoms with Gasteiger partial charge in [-0.2, -0.15) is 0 Å². The molecule has 1 rings (SSSR count). The van der Waals surface area contributed by atoms with Crippen LogP contribution in [-0.4, -0.2) is 0 Å². The summed E-state index contributed by atoms with van der Waals surface area (Å²) in [5.41, 5.74) is 1.69. The molecule has 11 heavy (non-hydrogen) atoms. The van der Waals surface area contributed by atoms with Gasteiger partial charge < -0.3 is 0 Å². The van der Waals surface area contributed by atoms with Crippen LogP contribution in [0, 0.1) is 3.57 Å². The predicted octanol–water partition coefficient (Wildman–Crippen LogP) is 3.59. The van der Waals surface area contributed by atoms with Crippen LogP contribution in [0.4, 0.5) is 0 Å². The lowest BCUT2D eigenvalue weighted by molar-refractivity contribution is 0.590. The topological polar surface area (TPSA) is 0 Å². The Labute approximate surface area is 82.2 Å². The predicted molar refractivity (Wildman–Crippen MR) is 57.9 cm³/mol. The van der Waals surface area contributed by atoms with Crippen molar-refractivity contribution in [3.8, 4) is 0 Å². The molecule has 0 aromatic heterocycles. The summed E-state index contributed by atoms with van der Waals surface area (Å²) in [6.07, 6.45) is 0. The molecule has 0 nitrogen and oxygen atoms in total. The Hall–Kier alpha value is -0.0500. The number of halogens is 1. The molecular weight excluding hydrogens is 247 g/mol. The molecule has 0 spiro atoms. The average Bonchev–Trinajstić information content (AvgIpc) is 1.86. The Kier molecular flexibility index (Phi) is 2.58. The Morgan fingerprint density at radius 2 is 1.82 bits per heavy atom. The summed E-state index contributed by atoms with van der Waals surface area (Å²) in [5.74, 6) is 0. The molecule has 0 heterocycles. The zero-order valence-electron chi connectivity index (χ0n) is 7.19. The minimum absolute atomic E-state index is 0.279. The van der Waals surface area contributed by atoms with Crippen LogP contribution in [0.1, 0.15) is 26.3 Å². The van der Waals surface area contributed by atoms with E-state index in [0.717, 1.165) is 0 Å². The molecule has 0 amide bonds. The molecule has 0 radical (unpaired) electrons. The van der Waals surface area contributed by atoms with Gasteiger partial charge in [0.15, 0.2) is 0 Å². The molecule has 0 N–H and O–H groups in total. The zero-order chi connectivity index (χ0) is 8.48. The normalized spacial score (nSPS) is 11.6. The SMILES string of the molecule is CC(C)(C)c1cccc(I)c1. The lowest BCUT2D eigenvalue weighted by Crippen LogP contribution is -2.10. The van der Waals surface area contributed by atoms with E-state index < -0.39 is 0 Å². The van der Waals surface area contributed by atoms with Gasteiger partial charge in [0.1, 0.15) is 0 Å². The monoisotopic (exact) mass is 260 g/mol. The van der Waals surface area contributed by atoms with Gasteiger partial charge in [0.2, 0.25) is 0 Å². The molecule has 0 fully saturated rings. The number of rotatable bonds is 0. The number of hydrogen-bond acceptors (Lipinski definition) is 0. The van der Waals surface area contributed by atoms with Crippen LogP contribution in [0.2, 0.25) is 0 Å². The van der Waals surface area contributed by atoms with Crippen molar-refractivity contribution in [3.63, 3.8) is 0 Å². The second-order valence-electron chi connectivity index (χ2n) is 3.76. The van der Waals surface area contributed by atoms with Crippen LogP contribution in [-0.2, 0) is 5.41 Å². The van der Waals surface area contributed by atoms with E-state index in [1.165, 1.54) is 9.13 Å². The highest BCUT2D eigenvalue weighted by molar-refractivity contribution is 14.1. The molecule has 60 valence electrons. The van der Waals surface area contributed by atoms with Crippen LogP contribution in [0.15, 0.2) is 24.3 Å². The van der Waals surface area contributed by atoms with Crippen molar-refractivity contribution in [2.75, 3.05) is 0 Å². The minimum atomic E-state index is 0.279. The smallest absolute Gasteiger partial charge is 0.0133 e. The van der Waals surface area contributed by atoms with Crippen LogP contribution < -0.4 is 0 Å². The van der Waals surface area contributed by atoms with E-state index in [4.69, 9.17) is 0 Å². The van der Waals surface area contributed by atoms with Gasteiger partial charge in [-0.3, -0.25) is 0 Å². The van der Waals surface area contributed by atoms with Crippen molar-refractivity contribution in [2.24, 2.45) is 0 Å². The molecule has 0 atom stereocenters. The minimum Gasteiger partial charge on any atom is -0.0609 e. The Morgan fingerprint density at radius 1 is 1.18 bits per heavy atom. The van der Waals surface area contributed by atoms with Crippen LogP contribution in [0.25, 0.3) is 0 Å². The number of benzene rings is 1. The van der Waals surface area contributed by atoms with E-state index in [-0.39, 0.29) is 5.41 Å². The molecule has 0 aliphatic carbocycles. The first kappa shape index (κ1) is 9.04. The summed E-state index contributed by atoms with van der Waals surface area (Å²) >= 11 is 2.35. The summed E-state index contributed by atoms with van der Waals surface area (Å²) in [6, 6.07) is 8.65. The van der Waals surface area contributed by atoms with Gasteiger partial charge in [-0.05, 0) is 45.7 Å². The van der Waals surface area contributed by atoms with E-state index in [0.29, 0.717) is 0 Å².